The van der Waals surface area contributed by atoms with Crippen molar-refractivity contribution in [2.75, 3.05) is 19.7 Å². The zero-order valence-electron chi connectivity index (χ0n) is 8.30. The van der Waals surface area contributed by atoms with Gasteiger partial charge in [-0.2, -0.15) is 0 Å². The lowest BCUT2D eigenvalue weighted by Gasteiger charge is -2.10. The molecule has 1 atom stereocenters. The van der Waals surface area contributed by atoms with Gasteiger partial charge in [0.25, 0.3) is 0 Å². The van der Waals surface area contributed by atoms with Crippen molar-refractivity contribution in [2.45, 2.75) is 20.3 Å². The molecule has 1 heterocycles. The van der Waals surface area contributed by atoms with Crippen LogP contribution in [0.3, 0.4) is 0 Å². The van der Waals surface area contributed by atoms with Crippen LogP contribution in [0.5, 0.6) is 0 Å². The van der Waals surface area contributed by atoms with E-state index in [-0.39, 0.29) is 11.7 Å². The molecular weight excluding hydrogens is 166 g/mol. The smallest absolute Gasteiger partial charge is 0.201 e. The van der Waals surface area contributed by atoms with Crippen molar-refractivity contribution in [1.82, 2.24) is 5.32 Å². The maximum absolute atomic E-state index is 11.6. The molecule has 0 aromatic heterocycles. The lowest BCUT2D eigenvalue weighted by Crippen LogP contribution is -2.27. The SMILES string of the molecule is CCNCC(C)C(=O)C1=CCCO1. The molecule has 1 N–H and O–H groups in total. The molecule has 0 aromatic rings. The largest absolute Gasteiger partial charge is 0.490 e. The topological polar surface area (TPSA) is 38.3 Å². The zero-order valence-corrected chi connectivity index (χ0v) is 8.30. The van der Waals surface area contributed by atoms with Gasteiger partial charge in [-0.3, -0.25) is 4.79 Å². The summed E-state index contributed by atoms with van der Waals surface area (Å²) < 4.78 is 5.20. The van der Waals surface area contributed by atoms with E-state index in [9.17, 15) is 4.79 Å². The Morgan fingerprint density at radius 1 is 1.77 bits per heavy atom. The second-order valence-electron chi connectivity index (χ2n) is 3.28. The number of rotatable bonds is 5. The van der Waals surface area contributed by atoms with Crippen molar-refractivity contribution in [3.8, 4) is 0 Å². The van der Waals surface area contributed by atoms with E-state index in [1.165, 1.54) is 0 Å². The van der Waals surface area contributed by atoms with Gasteiger partial charge in [-0.1, -0.05) is 13.8 Å². The fourth-order valence-electron chi connectivity index (χ4n) is 1.29. The summed E-state index contributed by atoms with van der Waals surface area (Å²) in [7, 11) is 0. The molecule has 13 heavy (non-hydrogen) atoms. The van der Waals surface area contributed by atoms with Crippen LogP contribution in [-0.4, -0.2) is 25.5 Å². The van der Waals surface area contributed by atoms with Crippen molar-refractivity contribution in [3.05, 3.63) is 11.8 Å². The van der Waals surface area contributed by atoms with Gasteiger partial charge in [-0.15, -0.1) is 0 Å². The summed E-state index contributed by atoms with van der Waals surface area (Å²) in [5.74, 6) is 0.702. The Bertz CT molecular complexity index is 211. The van der Waals surface area contributed by atoms with Crippen LogP contribution >= 0.6 is 0 Å². The first-order valence-corrected chi connectivity index (χ1v) is 4.83. The predicted molar refractivity (Wildman–Crippen MR) is 51.4 cm³/mol. The second-order valence-corrected chi connectivity index (χ2v) is 3.28. The van der Waals surface area contributed by atoms with E-state index in [1.54, 1.807) is 0 Å². The van der Waals surface area contributed by atoms with Crippen molar-refractivity contribution in [2.24, 2.45) is 5.92 Å². The van der Waals surface area contributed by atoms with Crippen LogP contribution in [0.2, 0.25) is 0 Å². The van der Waals surface area contributed by atoms with Gasteiger partial charge in [-0.05, 0) is 12.6 Å². The first-order valence-electron chi connectivity index (χ1n) is 4.83. The maximum atomic E-state index is 11.6. The molecular formula is C10H17NO2. The molecule has 0 saturated carbocycles. The first kappa shape index (κ1) is 10.3. The Kier molecular flexibility index (Phi) is 3.96. The van der Waals surface area contributed by atoms with Crippen LogP contribution in [0, 0.1) is 5.92 Å². The number of carbonyl (C=O) groups is 1. The van der Waals surface area contributed by atoms with Gasteiger partial charge >= 0.3 is 0 Å². The normalized spacial score (nSPS) is 17.8. The molecule has 0 fully saturated rings. The molecule has 0 saturated heterocycles. The molecule has 1 rings (SSSR count). The molecule has 0 radical (unpaired) electrons. The van der Waals surface area contributed by atoms with Gasteiger partial charge in [-0.25, -0.2) is 0 Å². The van der Waals surface area contributed by atoms with Crippen LogP contribution in [-0.2, 0) is 9.53 Å². The van der Waals surface area contributed by atoms with Crippen LogP contribution in [0.15, 0.2) is 11.8 Å². The number of ketones is 1. The summed E-state index contributed by atoms with van der Waals surface area (Å²) in [6.07, 6.45) is 2.75. The lowest BCUT2D eigenvalue weighted by molar-refractivity contribution is -0.121. The van der Waals surface area contributed by atoms with Crippen molar-refractivity contribution < 1.29 is 9.53 Å². The first-order chi connectivity index (χ1) is 6.25. The minimum atomic E-state index is 0.0179. The average molecular weight is 183 g/mol. The summed E-state index contributed by atoms with van der Waals surface area (Å²) in [5.41, 5.74) is 0. The van der Waals surface area contributed by atoms with Gasteiger partial charge in [0.1, 0.15) is 0 Å². The standard InChI is InChI=1S/C10H17NO2/c1-3-11-7-8(2)10(12)9-5-4-6-13-9/h5,8,11H,3-4,6-7H2,1-2H3. The van der Waals surface area contributed by atoms with E-state index < -0.39 is 0 Å². The maximum Gasteiger partial charge on any atom is 0.201 e. The highest BCUT2D eigenvalue weighted by atomic mass is 16.5. The lowest BCUT2D eigenvalue weighted by atomic mass is 10.1. The number of hydrogen-bond donors (Lipinski definition) is 1. The molecule has 1 unspecified atom stereocenters. The van der Waals surface area contributed by atoms with Crippen LogP contribution in [0.1, 0.15) is 20.3 Å². The molecule has 0 aliphatic carbocycles. The molecule has 74 valence electrons. The molecule has 3 heteroatoms. The van der Waals surface area contributed by atoms with Gasteiger partial charge in [0.15, 0.2) is 5.76 Å². The number of nitrogens with one attached hydrogen (secondary N) is 1. The quantitative estimate of drug-likeness (QED) is 0.693. The Hall–Kier alpha value is -0.830. The third-order valence-corrected chi connectivity index (χ3v) is 2.10. The Morgan fingerprint density at radius 3 is 3.08 bits per heavy atom. The van der Waals surface area contributed by atoms with E-state index in [2.05, 4.69) is 5.32 Å². The number of hydrogen-bond acceptors (Lipinski definition) is 3. The zero-order chi connectivity index (χ0) is 9.68. The van der Waals surface area contributed by atoms with Crippen LogP contribution < -0.4 is 5.32 Å². The van der Waals surface area contributed by atoms with E-state index in [1.807, 2.05) is 19.9 Å². The van der Waals surface area contributed by atoms with Crippen molar-refractivity contribution >= 4 is 5.78 Å². The van der Waals surface area contributed by atoms with Gasteiger partial charge in [0.05, 0.1) is 6.61 Å². The molecule has 1 aliphatic heterocycles. The van der Waals surface area contributed by atoms with E-state index in [0.29, 0.717) is 12.4 Å². The fourth-order valence-corrected chi connectivity index (χ4v) is 1.29. The Balaban J connectivity index is 2.37. The van der Waals surface area contributed by atoms with Crippen LogP contribution in [0.25, 0.3) is 0 Å². The highest BCUT2D eigenvalue weighted by Gasteiger charge is 2.20. The summed E-state index contributed by atoms with van der Waals surface area (Å²) in [5, 5.41) is 3.15. The van der Waals surface area contributed by atoms with Gasteiger partial charge in [0, 0.05) is 18.9 Å². The van der Waals surface area contributed by atoms with Gasteiger partial charge in [0.2, 0.25) is 5.78 Å². The molecule has 0 amide bonds. The van der Waals surface area contributed by atoms with E-state index in [4.69, 9.17) is 4.74 Å². The highest BCUT2D eigenvalue weighted by Crippen LogP contribution is 2.14. The van der Waals surface area contributed by atoms with Crippen molar-refractivity contribution in [3.63, 3.8) is 0 Å². The number of ether oxygens (including phenoxy) is 1. The van der Waals surface area contributed by atoms with Gasteiger partial charge < -0.3 is 10.1 Å². The van der Waals surface area contributed by atoms with Crippen molar-refractivity contribution in [1.29, 1.82) is 0 Å². The Labute approximate surface area is 79.2 Å². The fraction of sp³-hybridized carbons (Fsp3) is 0.700. The number of carbonyl (C=O) groups excluding carboxylic acids is 1. The minimum absolute atomic E-state index is 0.0179. The average Bonchev–Trinajstić information content (AvgIpc) is 2.65. The summed E-state index contributed by atoms with van der Waals surface area (Å²) in [6.45, 7) is 6.25. The molecule has 0 aromatic carbocycles. The number of Topliss-reactive ketones (excluding diaryl/α,β-unsaturated/α-hetero) is 1. The summed E-state index contributed by atoms with van der Waals surface area (Å²) in [4.78, 5) is 11.6. The third kappa shape index (κ3) is 2.84. The highest BCUT2D eigenvalue weighted by molar-refractivity contribution is 5.95. The number of allylic oxidation sites excluding steroid dienone is 1. The van der Waals surface area contributed by atoms with E-state index in [0.717, 1.165) is 19.5 Å². The molecule has 0 spiro atoms. The van der Waals surface area contributed by atoms with Crippen LogP contribution in [0.4, 0.5) is 0 Å². The summed E-state index contributed by atoms with van der Waals surface area (Å²) >= 11 is 0. The summed E-state index contributed by atoms with van der Waals surface area (Å²) in [6, 6.07) is 0. The molecule has 3 nitrogen and oxygen atoms in total. The third-order valence-electron chi connectivity index (χ3n) is 2.10. The molecule has 0 bridgehead atoms. The van der Waals surface area contributed by atoms with E-state index >= 15 is 0 Å². The monoisotopic (exact) mass is 183 g/mol. The minimum Gasteiger partial charge on any atom is -0.490 e. The predicted octanol–water partition coefficient (Wildman–Crippen LogP) is 1.11. The molecule has 1 aliphatic rings. The second kappa shape index (κ2) is 5.02. The Morgan fingerprint density at radius 2 is 2.54 bits per heavy atom.